The Bertz CT molecular complexity index is 825. The molecule has 0 spiro atoms. The van der Waals surface area contributed by atoms with Gasteiger partial charge in [0.15, 0.2) is 5.17 Å². The van der Waals surface area contributed by atoms with E-state index in [2.05, 4.69) is 18.2 Å². The van der Waals surface area contributed by atoms with Crippen LogP contribution in [0.4, 0.5) is 5.69 Å². The van der Waals surface area contributed by atoms with Gasteiger partial charge in [0.2, 0.25) is 0 Å². The molecule has 0 atom stereocenters. The summed E-state index contributed by atoms with van der Waals surface area (Å²) in [6.07, 6.45) is 1.93. The summed E-state index contributed by atoms with van der Waals surface area (Å²) in [5.74, 6) is 0.0235. The number of thioether (sulfide) groups is 1. The Kier molecular flexibility index (Phi) is 4.86. The van der Waals surface area contributed by atoms with Crippen molar-refractivity contribution >= 4 is 34.6 Å². The monoisotopic (exact) mass is 336 g/mol. The van der Waals surface area contributed by atoms with Gasteiger partial charge in [-0.15, -0.1) is 0 Å². The molecule has 1 aliphatic rings. The Morgan fingerprint density at radius 1 is 1.12 bits per heavy atom. The molecule has 0 radical (unpaired) electrons. The zero-order valence-electron chi connectivity index (χ0n) is 14.1. The second kappa shape index (κ2) is 7.05. The van der Waals surface area contributed by atoms with Crippen molar-refractivity contribution in [3.05, 3.63) is 70.1 Å². The zero-order valence-corrected chi connectivity index (χ0v) is 14.9. The summed E-state index contributed by atoms with van der Waals surface area (Å²) in [6.45, 7) is 6.68. The molecule has 0 saturated carbocycles. The van der Waals surface area contributed by atoms with Crippen molar-refractivity contribution in [3.8, 4) is 0 Å². The number of hydrogen-bond donors (Lipinski definition) is 0. The van der Waals surface area contributed by atoms with Crippen molar-refractivity contribution in [3.63, 3.8) is 0 Å². The highest BCUT2D eigenvalue weighted by atomic mass is 32.2. The summed E-state index contributed by atoms with van der Waals surface area (Å²) in [5.41, 5.74) is 4.22. The number of carbonyl (C=O) groups is 1. The van der Waals surface area contributed by atoms with E-state index in [-0.39, 0.29) is 5.91 Å². The zero-order chi connectivity index (χ0) is 17.1. The Morgan fingerprint density at radius 3 is 2.58 bits per heavy atom. The van der Waals surface area contributed by atoms with E-state index < -0.39 is 0 Å². The van der Waals surface area contributed by atoms with E-state index in [1.165, 1.54) is 11.8 Å². The van der Waals surface area contributed by atoms with Crippen LogP contribution in [-0.2, 0) is 4.79 Å². The third-order valence-corrected chi connectivity index (χ3v) is 4.89. The van der Waals surface area contributed by atoms with Gasteiger partial charge in [-0.25, -0.2) is 4.99 Å². The summed E-state index contributed by atoms with van der Waals surface area (Å²) in [6, 6.07) is 16.1. The van der Waals surface area contributed by atoms with Crippen LogP contribution in [0.15, 0.2) is 58.4 Å². The molecule has 1 amide bonds. The lowest BCUT2D eigenvalue weighted by atomic mass is 10.1. The van der Waals surface area contributed by atoms with Gasteiger partial charge < -0.3 is 0 Å². The third kappa shape index (κ3) is 3.44. The fourth-order valence-corrected chi connectivity index (χ4v) is 3.57. The van der Waals surface area contributed by atoms with Crippen LogP contribution in [0.5, 0.6) is 0 Å². The number of nitrogens with zero attached hydrogens (tertiary/aromatic N) is 2. The van der Waals surface area contributed by atoms with Gasteiger partial charge in [0, 0.05) is 6.54 Å². The molecule has 4 heteroatoms. The van der Waals surface area contributed by atoms with E-state index >= 15 is 0 Å². The van der Waals surface area contributed by atoms with Crippen molar-refractivity contribution in [2.75, 3.05) is 6.54 Å². The molecule has 2 aromatic carbocycles. The topological polar surface area (TPSA) is 32.7 Å². The molecule has 3 nitrogen and oxygen atoms in total. The minimum Gasteiger partial charge on any atom is -0.287 e. The standard InChI is InChI=1S/C20H20N2OS/c1-4-22-19(23)18(13-16-8-6-5-7-9-16)24-20(22)21-17-12-14(2)10-11-15(17)3/h5-13H,4H2,1-3H3/b18-13+,21-20?. The van der Waals surface area contributed by atoms with Crippen LogP contribution < -0.4 is 0 Å². The molecule has 3 rings (SSSR count). The lowest BCUT2D eigenvalue weighted by Crippen LogP contribution is -2.28. The molecule has 0 aromatic heterocycles. The number of hydrogen-bond acceptors (Lipinski definition) is 3. The molecule has 24 heavy (non-hydrogen) atoms. The Labute approximate surface area is 147 Å². The highest BCUT2D eigenvalue weighted by Gasteiger charge is 2.32. The quantitative estimate of drug-likeness (QED) is 0.745. The molecular formula is C20H20N2OS. The molecule has 0 N–H and O–H groups in total. The summed E-state index contributed by atoms with van der Waals surface area (Å²) in [5, 5.41) is 0.749. The van der Waals surface area contributed by atoms with E-state index in [9.17, 15) is 4.79 Å². The Morgan fingerprint density at radius 2 is 1.88 bits per heavy atom. The van der Waals surface area contributed by atoms with Crippen LogP contribution in [0, 0.1) is 13.8 Å². The summed E-state index contributed by atoms with van der Waals surface area (Å²) in [4.78, 5) is 19.9. The third-order valence-electron chi connectivity index (χ3n) is 3.88. The average molecular weight is 336 g/mol. The maximum Gasteiger partial charge on any atom is 0.266 e. The lowest BCUT2D eigenvalue weighted by Gasteiger charge is -2.12. The van der Waals surface area contributed by atoms with Gasteiger partial charge in [-0.3, -0.25) is 9.69 Å². The lowest BCUT2D eigenvalue weighted by molar-refractivity contribution is -0.122. The van der Waals surface area contributed by atoms with Gasteiger partial charge in [-0.05, 0) is 61.4 Å². The van der Waals surface area contributed by atoms with E-state index in [0.29, 0.717) is 11.4 Å². The number of rotatable bonds is 3. The summed E-state index contributed by atoms with van der Waals surface area (Å²) >= 11 is 1.44. The summed E-state index contributed by atoms with van der Waals surface area (Å²) in [7, 11) is 0. The number of benzene rings is 2. The molecule has 122 valence electrons. The molecule has 1 saturated heterocycles. The number of likely N-dealkylation sites (N-methyl/N-ethyl adjacent to an activating group) is 1. The van der Waals surface area contributed by atoms with Crippen molar-refractivity contribution in [1.29, 1.82) is 0 Å². The highest BCUT2D eigenvalue weighted by molar-refractivity contribution is 8.18. The van der Waals surface area contributed by atoms with Gasteiger partial charge in [0.25, 0.3) is 5.91 Å². The predicted octanol–water partition coefficient (Wildman–Crippen LogP) is 4.93. The van der Waals surface area contributed by atoms with E-state index in [1.54, 1.807) is 4.90 Å². The van der Waals surface area contributed by atoms with Crippen molar-refractivity contribution in [2.24, 2.45) is 4.99 Å². The van der Waals surface area contributed by atoms with Crippen LogP contribution in [0.2, 0.25) is 0 Å². The fourth-order valence-electron chi connectivity index (χ4n) is 2.51. The summed E-state index contributed by atoms with van der Waals surface area (Å²) < 4.78 is 0. The Balaban J connectivity index is 1.97. The predicted molar refractivity (Wildman–Crippen MR) is 102 cm³/mol. The average Bonchev–Trinajstić information content (AvgIpc) is 2.87. The maximum absolute atomic E-state index is 12.6. The van der Waals surface area contributed by atoms with E-state index in [0.717, 1.165) is 27.5 Å². The second-order valence-electron chi connectivity index (χ2n) is 5.76. The molecular weight excluding hydrogens is 316 g/mol. The number of aliphatic imine (C=N–C) groups is 1. The molecule has 1 heterocycles. The largest absolute Gasteiger partial charge is 0.287 e. The SMILES string of the molecule is CCN1C(=O)/C(=C\c2ccccc2)SC1=Nc1cc(C)ccc1C. The highest BCUT2D eigenvalue weighted by Crippen LogP contribution is 2.34. The normalized spacial score (nSPS) is 18.0. The van der Waals surface area contributed by atoms with Crippen molar-refractivity contribution < 1.29 is 4.79 Å². The van der Waals surface area contributed by atoms with E-state index in [1.807, 2.05) is 57.2 Å². The molecule has 1 fully saturated rings. The first kappa shape index (κ1) is 16.5. The first-order chi connectivity index (χ1) is 11.6. The first-order valence-electron chi connectivity index (χ1n) is 8.01. The van der Waals surface area contributed by atoms with Crippen LogP contribution >= 0.6 is 11.8 Å². The molecule has 0 unspecified atom stereocenters. The van der Waals surface area contributed by atoms with Gasteiger partial charge >= 0.3 is 0 Å². The smallest absolute Gasteiger partial charge is 0.266 e. The molecule has 0 bridgehead atoms. The number of amidine groups is 1. The Hall–Kier alpha value is -2.33. The van der Waals surface area contributed by atoms with Gasteiger partial charge in [0.05, 0.1) is 10.6 Å². The minimum absolute atomic E-state index is 0.0235. The molecule has 0 aliphatic carbocycles. The van der Waals surface area contributed by atoms with Crippen LogP contribution in [0.25, 0.3) is 6.08 Å². The van der Waals surface area contributed by atoms with Gasteiger partial charge in [-0.1, -0.05) is 42.5 Å². The van der Waals surface area contributed by atoms with Gasteiger partial charge in [-0.2, -0.15) is 0 Å². The number of carbonyl (C=O) groups excluding carboxylic acids is 1. The van der Waals surface area contributed by atoms with Crippen LogP contribution in [-0.4, -0.2) is 22.5 Å². The second-order valence-corrected chi connectivity index (χ2v) is 6.76. The van der Waals surface area contributed by atoms with E-state index in [4.69, 9.17) is 4.99 Å². The van der Waals surface area contributed by atoms with Crippen molar-refractivity contribution in [1.82, 2.24) is 4.90 Å². The van der Waals surface area contributed by atoms with Gasteiger partial charge in [0.1, 0.15) is 0 Å². The number of aryl methyl sites for hydroxylation is 2. The van der Waals surface area contributed by atoms with Crippen LogP contribution in [0.1, 0.15) is 23.6 Å². The van der Waals surface area contributed by atoms with Crippen LogP contribution in [0.3, 0.4) is 0 Å². The van der Waals surface area contributed by atoms with Crippen molar-refractivity contribution in [2.45, 2.75) is 20.8 Å². The minimum atomic E-state index is 0.0235. The first-order valence-corrected chi connectivity index (χ1v) is 8.82. The fraction of sp³-hybridized carbons (Fsp3) is 0.200. The maximum atomic E-state index is 12.6. The molecule has 1 aliphatic heterocycles. The number of amides is 1. The molecule has 2 aromatic rings.